The van der Waals surface area contributed by atoms with Gasteiger partial charge in [-0.05, 0) is 31.9 Å². The van der Waals surface area contributed by atoms with Crippen LogP contribution in [0.5, 0.6) is 0 Å². The van der Waals surface area contributed by atoms with Crippen molar-refractivity contribution in [3.05, 3.63) is 60.2 Å². The maximum Gasteiger partial charge on any atom is 0.225 e. The lowest BCUT2D eigenvalue weighted by Gasteiger charge is -2.33. The molecule has 6 nitrogen and oxygen atoms in total. The SMILES string of the molecule is CCn1cc(CN2CCCC(c3nc(N(C)C)ncc3-c3ccccc3)C2)cn1. The Kier molecular flexibility index (Phi) is 5.90. The Labute approximate surface area is 173 Å². The lowest BCUT2D eigenvalue weighted by Crippen LogP contribution is -2.34. The zero-order valence-electron chi connectivity index (χ0n) is 17.6. The highest BCUT2D eigenvalue weighted by Crippen LogP contribution is 2.34. The molecule has 0 radical (unpaired) electrons. The number of piperidine rings is 1. The molecule has 1 aliphatic heterocycles. The molecule has 1 aromatic carbocycles. The molecule has 1 saturated heterocycles. The van der Waals surface area contributed by atoms with E-state index in [0.29, 0.717) is 5.92 Å². The fourth-order valence-electron chi connectivity index (χ4n) is 4.09. The molecule has 152 valence electrons. The zero-order valence-corrected chi connectivity index (χ0v) is 17.6. The molecule has 1 aliphatic rings. The minimum absolute atomic E-state index is 0.405. The van der Waals surface area contributed by atoms with Gasteiger partial charge in [-0.1, -0.05) is 30.3 Å². The van der Waals surface area contributed by atoms with Crippen molar-refractivity contribution < 1.29 is 0 Å². The van der Waals surface area contributed by atoms with Crippen LogP contribution in [0.1, 0.15) is 36.9 Å². The summed E-state index contributed by atoms with van der Waals surface area (Å²) in [7, 11) is 4.00. The monoisotopic (exact) mass is 390 g/mol. The number of anilines is 1. The van der Waals surface area contributed by atoms with Gasteiger partial charge in [-0.3, -0.25) is 9.58 Å². The van der Waals surface area contributed by atoms with E-state index in [2.05, 4.69) is 58.4 Å². The Morgan fingerprint density at radius 1 is 1.14 bits per heavy atom. The summed E-state index contributed by atoms with van der Waals surface area (Å²) in [5.41, 5.74) is 4.80. The summed E-state index contributed by atoms with van der Waals surface area (Å²) < 4.78 is 2.00. The van der Waals surface area contributed by atoms with Gasteiger partial charge in [0.15, 0.2) is 0 Å². The van der Waals surface area contributed by atoms with Gasteiger partial charge in [0, 0.05) is 63.2 Å². The Balaban J connectivity index is 1.61. The second kappa shape index (κ2) is 8.74. The van der Waals surface area contributed by atoms with Crippen LogP contribution >= 0.6 is 0 Å². The average Bonchev–Trinajstić information content (AvgIpc) is 3.21. The Morgan fingerprint density at radius 2 is 1.97 bits per heavy atom. The van der Waals surface area contributed by atoms with Gasteiger partial charge >= 0.3 is 0 Å². The third kappa shape index (κ3) is 4.48. The van der Waals surface area contributed by atoms with Crippen molar-refractivity contribution in [2.45, 2.75) is 38.8 Å². The van der Waals surface area contributed by atoms with E-state index in [1.54, 1.807) is 0 Å². The van der Waals surface area contributed by atoms with E-state index in [-0.39, 0.29) is 0 Å². The van der Waals surface area contributed by atoms with Crippen molar-refractivity contribution in [1.29, 1.82) is 0 Å². The van der Waals surface area contributed by atoms with Gasteiger partial charge in [0.05, 0.1) is 11.9 Å². The molecular weight excluding hydrogens is 360 g/mol. The highest BCUT2D eigenvalue weighted by Gasteiger charge is 2.26. The predicted molar refractivity (Wildman–Crippen MR) is 117 cm³/mol. The van der Waals surface area contributed by atoms with Crippen molar-refractivity contribution in [3.8, 4) is 11.1 Å². The first-order valence-electron chi connectivity index (χ1n) is 10.5. The predicted octanol–water partition coefficient (Wildman–Crippen LogP) is 3.81. The normalized spacial score (nSPS) is 17.4. The van der Waals surface area contributed by atoms with Gasteiger partial charge in [-0.15, -0.1) is 0 Å². The topological polar surface area (TPSA) is 50.1 Å². The number of rotatable bonds is 6. The van der Waals surface area contributed by atoms with E-state index >= 15 is 0 Å². The molecule has 0 amide bonds. The average molecular weight is 391 g/mol. The molecule has 1 atom stereocenters. The Bertz CT molecular complexity index is 934. The number of likely N-dealkylation sites (tertiary alicyclic amines) is 1. The summed E-state index contributed by atoms with van der Waals surface area (Å²) in [6.45, 7) is 6.12. The lowest BCUT2D eigenvalue weighted by atomic mass is 9.90. The Morgan fingerprint density at radius 3 is 2.69 bits per heavy atom. The number of hydrogen-bond acceptors (Lipinski definition) is 5. The summed E-state index contributed by atoms with van der Waals surface area (Å²) >= 11 is 0. The molecule has 4 rings (SSSR count). The highest BCUT2D eigenvalue weighted by molar-refractivity contribution is 5.66. The first-order valence-corrected chi connectivity index (χ1v) is 10.5. The lowest BCUT2D eigenvalue weighted by molar-refractivity contribution is 0.198. The first kappa shape index (κ1) is 19.6. The van der Waals surface area contributed by atoms with Crippen molar-refractivity contribution in [2.75, 3.05) is 32.1 Å². The molecular formula is C23H30N6. The minimum atomic E-state index is 0.405. The molecule has 0 aliphatic carbocycles. The molecule has 1 fully saturated rings. The van der Waals surface area contributed by atoms with Gasteiger partial charge in [0.25, 0.3) is 0 Å². The van der Waals surface area contributed by atoms with Crippen LogP contribution in [0.4, 0.5) is 5.95 Å². The van der Waals surface area contributed by atoms with Crippen LogP contribution in [0, 0.1) is 0 Å². The molecule has 0 N–H and O–H groups in total. The molecule has 2 aromatic heterocycles. The van der Waals surface area contributed by atoms with Gasteiger partial charge in [-0.2, -0.15) is 5.10 Å². The fraction of sp³-hybridized carbons (Fsp3) is 0.435. The summed E-state index contributed by atoms with van der Waals surface area (Å²) in [4.78, 5) is 14.1. The van der Waals surface area contributed by atoms with E-state index in [0.717, 1.165) is 44.1 Å². The second-order valence-corrected chi connectivity index (χ2v) is 8.01. The van der Waals surface area contributed by atoms with Crippen molar-refractivity contribution in [1.82, 2.24) is 24.6 Å². The smallest absolute Gasteiger partial charge is 0.225 e. The van der Waals surface area contributed by atoms with Crippen LogP contribution in [-0.4, -0.2) is 51.8 Å². The summed E-state index contributed by atoms with van der Waals surface area (Å²) in [5.74, 6) is 1.18. The van der Waals surface area contributed by atoms with Gasteiger partial charge in [-0.25, -0.2) is 9.97 Å². The van der Waals surface area contributed by atoms with E-state index in [1.807, 2.05) is 36.1 Å². The maximum absolute atomic E-state index is 5.00. The van der Waals surface area contributed by atoms with Crippen molar-refractivity contribution >= 4 is 5.95 Å². The van der Waals surface area contributed by atoms with E-state index in [1.165, 1.54) is 23.2 Å². The van der Waals surface area contributed by atoms with Crippen LogP contribution < -0.4 is 4.90 Å². The number of nitrogens with zero attached hydrogens (tertiary/aromatic N) is 6. The summed E-state index contributed by atoms with van der Waals surface area (Å²) in [5, 5.41) is 4.43. The summed E-state index contributed by atoms with van der Waals surface area (Å²) in [6, 6.07) is 10.5. The largest absolute Gasteiger partial charge is 0.347 e. The molecule has 29 heavy (non-hydrogen) atoms. The third-order valence-corrected chi connectivity index (χ3v) is 5.60. The standard InChI is InChI=1S/C23H30N6/c1-4-29-16-18(13-25-29)15-28-12-8-11-20(17-28)22-21(19-9-6-5-7-10-19)14-24-23(26-22)27(2)3/h5-7,9-10,13-14,16,20H,4,8,11-12,15,17H2,1-3H3. The maximum atomic E-state index is 5.00. The summed E-state index contributed by atoms with van der Waals surface area (Å²) in [6.07, 6.45) is 8.50. The molecule has 0 spiro atoms. The van der Waals surface area contributed by atoms with Crippen LogP contribution in [-0.2, 0) is 13.1 Å². The molecule has 6 heteroatoms. The Hall–Kier alpha value is -2.73. The van der Waals surface area contributed by atoms with Gasteiger partial charge in [0.1, 0.15) is 0 Å². The molecule has 3 aromatic rings. The van der Waals surface area contributed by atoms with Crippen LogP contribution in [0.2, 0.25) is 0 Å². The highest BCUT2D eigenvalue weighted by atomic mass is 15.3. The molecule has 0 saturated carbocycles. The quantitative estimate of drug-likeness (QED) is 0.641. The van der Waals surface area contributed by atoms with Crippen LogP contribution in [0.15, 0.2) is 48.9 Å². The number of benzene rings is 1. The first-order chi connectivity index (χ1) is 14.1. The van der Waals surface area contributed by atoms with E-state index in [4.69, 9.17) is 4.98 Å². The number of aromatic nitrogens is 4. The van der Waals surface area contributed by atoms with E-state index < -0.39 is 0 Å². The minimum Gasteiger partial charge on any atom is -0.347 e. The fourth-order valence-corrected chi connectivity index (χ4v) is 4.09. The zero-order chi connectivity index (χ0) is 20.2. The molecule has 1 unspecified atom stereocenters. The molecule has 0 bridgehead atoms. The second-order valence-electron chi connectivity index (χ2n) is 8.01. The van der Waals surface area contributed by atoms with Gasteiger partial charge in [0.2, 0.25) is 5.95 Å². The van der Waals surface area contributed by atoms with Crippen LogP contribution in [0.25, 0.3) is 11.1 Å². The number of aryl methyl sites for hydroxylation is 1. The molecule has 3 heterocycles. The third-order valence-electron chi connectivity index (χ3n) is 5.60. The van der Waals surface area contributed by atoms with Crippen molar-refractivity contribution in [3.63, 3.8) is 0 Å². The van der Waals surface area contributed by atoms with Crippen molar-refractivity contribution in [2.24, 2.45) is 0 Å². The van der Waals surface area contributed by atoms with Crippen LogP contribution in [0.3, 0.4) is 0 Å². The van der Waals surface area contributed by atoms with E-state index in [9.17, 15) is 0 Å². The van der Waals surface area contributed by atoms with Gasteiger partial charge < -0.3 is 4.90 Å². The number of hydrogen-bond donors (Lipinski definition) is 0.